The third kappa shape index (κ3) is 3.92. The Morgan fingerprint density at radius 3 is 3.10 bits per heavy atom. The highest BCUT2D eigenvalue weighted by molar-refractivity contribution is 7.18. The molecule has 2 aromatic rings. The highest BCUT2D eigenvalue weighted by Crippen LogP contribution is 2.25. The van der Waals surface area contributed by atoms with Gasteiger partial charge in [0.2, 0.25) is 0 Å². The first-order valence-electron chi connectivity index (χ1n) is 6.47. The van der Waals surface area contributed by atoms with Crippen molar-refractivity contribution in [3.8, 4) is 0 Å². The second-order valence-electron chi connectivity index (χ2n) is 4.20. The van der Waals surface area contributed by atoms with Gasteiger partial charge in [0.1, 0.15) is 10.7 Å². The fourth-order valence-electron chi connectivity index (χ4n) is 1.64. The van der Waals surface area contributed by atoms with E-state index >= 15 is 0 Å². The van der Waals surface area contributed by atoms with Crippen LogP contribution in [-0.2, 0) is 11.3 Å². The summed E-state index contributed by atoms with van der Waals surface area (Å²) in [7, 11) is 1.63. The van der Waals surface area contributed by atoms with E-state index in [4.69, 9.17) is 10.5 Å². The standard InChI is InChI=1S/C12H18N6O2S/c1-3-14-12-17-10(13)9(21-12)11(19)16-8-6-15-18(7-8)4-5-20-2/h6-7H,3-5,13H2,1-2H3,(H,14,17)(H,16,19). The van der Waals surface area contributed by atoms with E-state index in [2.05, 4.69) is 20.7 Å². The molecule has 9 heteroatoms. The van der Waals surface area contributed by atoms with E-state index < -0.39 is 0 Å². The van der Waals surface area contributed by atoms with Gasteiger partial charge in [0.15, 0.2) is 5.13 Å². The second-order valence-corrected chi connectivity index (χ2v) is 5.20. The molecule has 0 fully saturated rings. The number of thiazole rings is 1. The summed E-state index contributed by atoms with van der Waals surface area (Å²) in [6, 6.07) is 0. The predicted octanol–water partition coefficient (Wildman–Crippen LogP) is 1.25. The molecule has 2 aromatic heterocycles. The maximum Gasteiger partial charge on any atom is 0.269 e. The number of amides is 1. The monoisotopic (exact) mass is 310 g/mol. The number of nitrogens with zero attached hydrogens (tertiary/aromatic N) is 3. The number of rotatable bonds is 7. The number of ether oxygens (including phenoxy) is 1. The quantitative estimate of drug-likeness (QED) is 0.710. The van der Waals surface area contributed by atoms with Crippen LogP contribution >= 0.6 is 11.3 Å². The van der Waals surface area contributed by atoms with Crippen molar-refractivity contribution in [1.29, 1.82) is 0 Å². The number of methoxy groups -OCH3 is 1. The number of hydrogen-bond donors (Lipinski definition) is 3. The van der Waals surface area contributed by atoms with Gasteiger partial charge in [0.05, 0.1) is 25.0 Å². The molecule has 8 nitrogen and oxygen atoms in total. The Morgan fingerprint density at radius 1 is 1.57 bits per heavy atom. The average molecular weight is 310 g/mol. The Hall–Kier alpha value is -2.13. The van der Waals surface area contributed by atoms with Crippen LogP contribution in [0.5, 0.6) is 0 Å². The van der Waals surface area contributed by atoms with E-state index in [9.17, 15) is 4.79 Å². The van der Waals surface area contributed by atoms with Gasteiger partial charge in [-0.05, 0) is 6.92 Å². The van der Waals surface area contributed by atoms with E-state index in [1.807, 2.05) is 6.92 Å². The molecule has 0 aromatic carbocycles. The minimum Gasteiger partial charge on any atom is -0.383 e. The van der Waals surface area contributed by atoms with Crippen LogP contribution in [0, 0.1) is 0 Å². The van der Waals surface area contributed by atoms with E-state index in [-0.39, 0.29) is 11.7 Å². The molecule has 2 rings (SSSR count). The van der Waals surface area contributed by atoms with Crippen LogP contribution in [0.25, 0.3) is 0 Å². The van der Waals surface area contributed by atoms with Gasteiger partial charge in [-0.15, -0.1) is 0 Å². The van der Waals surface area contributed by atoms with E-state index in [1.165, 1.54) is 11.3 Å². The smallest absolute Gasteiger partial charge is 0.269 e. The Morgan fingerprint density at radius 2 is 2.38 bits per heavy atom. The van der Waals surface area contributed by atoms with Gasteiger partial charge in [-0.3, -0.25) is 9.48 Å². The molecule has 0 spiro atoms. The number of carbonyl (C=O) groups is 1. The number of hydrogen-bond acceptors (Lipinski definition) is 7. The summed E-state index contributed by atoms with van der Waals surface area (Å²) in [5, 5.41) is 10.5. The van der Waals surface area contributed by atoms with Crippen LogP contribution in [0.15, 0.2) is 12.4 Å². The SMILES string of the molecule is CCNc1nc(N)c(C(=O)Nc2cnn(CCOC)c2)s1. The van der Waals surface area contributed by atoms with Gasteiger partial charge in [-0.2, -0.15) is 5.10 Å². The number of nitrogen functional groups attached to an aromatic ring is 1. The van der Waals surface area contributed by atoms with Gasteiger partial charge in [0.25, 0.3) is 5.91 Å². The summed E-state index contributed by atoms with van der Waals surface area (Å²) >= 11 is 1.23. The highest BCUT2D eigenvalue weighted by Gasteiger charge is 2.16. The summed E-state index contributed by atoms with van der Waals surface area (Å²) in [6.07, 6.45) is 3.31. The van der Waals surface area contributed by atoms with Gasteiger partial charge >= 0.3 is 0 Å². The molecular formula is C12H18N6O2S. The Balaban J connectivity index is 2.02. The molecule has 21 heavy (non-hydrogen) atoms. The molecule has 0 saturated carbocycles. The molecule has 0 unspecified atom stereocenters. The minimum atomic E-state index is -0.291. The summed E-state index contributed by atoms with van der Waals surface area (Å²) in [4.78, 5) is 16.6. The van der Waals surface area contributed by atoms with E-state index in [0.29, 0.717) is 28.8 Å². The molecule has 0 bridgehead atoms. The van der Waals surface area contributed by atoms with Crippen molar-refractivity contribution in [2.75, 3.05) is 36.6 Å². The topological polar surface area (TPSA) is 107 Å². The summed E-state index contributed by atoms with van der Waals surface area (Å²) in [6.45, 7) is 3.86. The number of carbonyl (C=O) groups excluding carboxylic acids is 1. The van der Waals surface area contributed by atoms with Gasteiger partial charge in [-0.25, -0.2) is 4.98 Å². The molecule has 0 atom stereocenters. The van der Waals surface area contributed by atoms with Crippen molar-refractivity contribution in [3.63, 3.8) is 0 Å². The molecule has 0 aliphatic carbocycles. The van der Waals surface area contributed by atoms with E-state index in [0.717, 1.165) is 6.54 Å². The van der Waals surface area contributed by atoms with Crippen molar-refractivity contribution in [3.05, 3.63) is 17.3 Å². The molecule has 114 valence electrons. The molecule has 0 aliphatic rings. The third-order valence-corrected chi connectivity index (χ3v) is 3.63. The molecule has 4 N–H and O–H groups in total. The van der Waals surface area contributed by atoms with Gasteiger partial charge in [0, 0.05) is 19.9 Å². The number of nitrogens with one attached hydrogen (secondary N) is 2. The molecule has 2 heterocycles. The first kappa shape index (κ1) is 15.3. The summed E-state index contributed by atoms with van der Waals surface area (Å²) in [5.41, 5.74) is 6.36. The maximum atomic E-state index is 12.2. The second kappa shape index (κ2) is 7.04. The predicted molar refractivity (Wildman–Crippen MR) is 82.7 cm³/mol. The Labute approximate surface area is 126 Å². The van der Waals surface area contributed by atoms with E-state index in [1.54, 1.807) is 24.2 Å². The normalized spacial score (nSPS) is 10.6. The lowest BCUT2D eigenvalue weighted by Crippen LogP contribution is -2.11. The minimum absolute atomic E-state index is 0.222. The molecule has 0 radical (unpaired) electrons. The average Bonchev–Trinajstić information content (AvgIpc) is 3.04. The van der Waals surface area contributed by atoms with Crippen LogP contribution in [0.4, 0.5) is 16.6 Å². The fourth-order valence-corrected chi connectivity index (χ4v) is 2.49. The third-order valence-electron chi connectivity index (χ3n) is 2.60. The first-order chi connectivity index (χ1) is 10.1. The van der Waals surface area contributed by atoms with Gasteiger partial charge < -0.3 is 21.1 Å². The van der Waals surface area contributed by atoms with Gasteiger partial charge in [-0.1, -0.05) is 11.3 Å². The Kier molecular flexibility index (Phi) is 5.12. The number of anilines is 3. The molecule has 0 aliphatic heterocycles. The summed E-state index contributed by atoms with van der Waals surface area (Å²) < 4.78 is 6.66. The van der Waals surface area contributed by atoms with Crippen LogP contribution in [0.1, 0.15) is 16.6 Å². The van der Waals surface area contributed by atoms with Crippen LogP contribution in [0.2, 0.25) is 0 Å². The number of aromatic nitrogens is 3. The fraction of sp³-hybridized carbons (Fsp3) is 0.417. The summed E-state index contributed by atoms with van der Waals surface area (Å²) in [5.74, 6) is -0.0688. The largest absolute Gasteiger partial charge is 0.383 e. The zero-order chi connectivity index (χ0) is 15.2. The lowest BCUT2D eigenvalue weighted by Gasteiger charge is -2.00. The maximum absolute atomic E-state index is 12.2. The van der Waals surface area contributed by atoms with Crippen molar-refractivity contribution in [1.82, 2.24) is 14.8 Å². The molecule has 0 saturated heterocycles. The number of nitrogens with two attached hydrogens (primary N) is 1. The zero-order valence-corrected chi connectivity index (χ0v) is 12.7. The highest BCUT2D eigenvalue weighted by atomic mass is 32.1. The van der Waals surface area contributed by atoms with Crippen molar-refractivity contribution in [2.45, 2.75) is 13.5 Å². The van der Waals surface area contributed by atoms with Crippen LogP contribution < -0.4 is 16.4 Å². The van der Waals surface area contributed by atoms with Crippen LogP contribution in [-0.4, -0.2) is 40.9 Å². The van der Waals surface area contributed by atoms with Crippen molar-refractivity contribution < 1.29 is 9.53 Å². The molecular weight excluding hydrogens is 292 g/mol. The lowest BCUT2D eigenvalue weighted by molar-refractivity contribution is 0.103. The van der Waals surface area contributed by atoms with Crippen molar-refractivity contribution >= 4 is 33.9 Å². The van der Waals surface area contributed by atoms with Crippen LogP contribution in [0.3, 0.4) is 0 Å². The van der Waals surface area contributed by atoms with Crippen molar-refractivity contribution in [2.24, 2.45) is 0 Å². The first-order valence-corrected chi connectivity index (χ1v) is 7.28. The zero-order valence-electron chi connectivity index (χ0n) is 11.9. The lowest BCUT2D eigenvalue weighted by atomic mass is 10.4. The molecule has 1 amide bonds. The Bertz CT molecular complexity index is 609.